The van der Waals surface area contributed by atoms with Crippen LogP contribution in [0.5, 0.6) is 0 Å². The Hall–Kier alpha value is -1.66. The molecular weight excluding hydrogens is 376 g/mol. The second kappa shape index (κ2) is 6.84. The van der Waals surface area contributed by atoms with E-state index in [0.29, 0.717) is 5.69 Å². The first-order valence-corrected chi connectivity index (χ1v) is 9.07. The van der Waals surface area contributed by atoms with Crippen molar-refractivity contribution in [1.29, 1.82) is 0 Å². The highest BCUT2D eigenvalue weighted by molar-refractivity contribution is 9.10. The van der Waals surface area contributed by atoms with Gasteiger partial charge < -0.3 is 10.2 Å². The lowest BCUT2D eigenvalue weighted by atomic mass is 10.2. The van der Waals surface area contributed by atoms with Crippen molar-refractivity contribution in [1.82, 2.24) is 4.90 Å². The van der Waals surface area contributed by atoms with E-state index < -0.39 is 0 Å². The average Bonchev–Trinajstić information content (AvgIpc) is 3.10. The third-order valence-corrected chi connectivity index (χ3v) is 5.75. The van der Waals surface area contributed by atoms with Crippen molar-refractivity contribution < 1.29 is 9.59 Å². The van der Waals surface area contributed by atoms with Gasteiger partial charge in [0.05, 0.1) is 17.1 Å². The molecule has 4 nitrogen and oxygen atoms in total. The second-order valence-corrected chi connectivity index (χ2v) is 7.59. The maximum atomic E-state index is 12.5. The monoisotopic (exact) mass is 392 g/mol. The number of nitrogens with zero attached hydrogens (tertiary/aromatic N) is 1. The Labute approximate surface area is 147 Å². The van der Waals surface area contributed by atoms with Crippen molar-refractivity contribution >= 4 is 44.8 Å². The Morgan fingerprint density at radius 3 is 2.83 bits per heavy atom. The zero-order chi connectivity index (χ0) is 16.4. The number of halogens is 1. The summed E-state index contributed by atoms with van der Waals surface area (Å²) in [4.78, 5) is 28.1. The van der Waals surface area contributed by atoms with Crippen LogP contribution in [0.2, 0.25) is 0 Å². The van der Waals surface area contributed by atoms with Crippen LogP contribution in [0.1, 0.15) is 26.5 Å². The molecule has 1 aromatic carbocycles. The molecule has 0 saturated carbocycles. The summed E-state index contributed by atoms with van der Waals surface area (Å²) < 4.78 is 0.817. The Balaban J connectivity index is 1.61. The van der Waals surface area contributed by atoms with Crippen LogP contribution >= 0.6 is 27.3 Å². The normalized spacial score (nSPS) is 12.8. The molecule has 0 bridgehead atoms. The van der Waals surface area contributed by atoms with Crippen molar-refractivity contribution in [2.75, 3.05) is 18.9 Å². The highest BCUT2D eigenvalue weighted by Gasteiger charge is 2.21. The number of amides is 2. The predicted octanol–water partition coefficient (Wildman–Crippen LogP) is 3.71. The SMILES string of the molecule is CN(CC(=O)Nc1ccccc1Br)C(=O)c1cc2c(s1)CCC2. The topological polar surface area (TPSA) is 49.4 Å². The van der Waals surface area contributed by atoms with Gasteiger partial charge in [-0.3, -0.25) is 9.59 Å². The molecule has 3 rings (SSSR count). The van der Waals surface area contributed by atoms with E-state index in [2.05, 4.69) is 21.2 Å². The van der Waals surface area contributed by atoms with E-state index in [1.54, 1.807) is 18.4 Å². The van der Waals surface area contributed by atoms with Gasteiger partial charge in [-0.25, -0.2) is 0 Å². The van der Waals surface area contributed by atoms with Gasteiger partial charge in [0.2, 0.25) is 5.91 Å². The van der Waals surface area contributed by atoms with Gasteiger partial charge in [0.15, 0.2) is 0 Å². The van der Waals surface area contributed by atoms with E-state index in [0.717, 1.165) is 22.2 Å². The minimum atomic E-state index is -0.211. The van der Waals surface area contributed by atoms with Crippen LogP contribution in [0.15, 0.2) is 34.8 Å². The number of aryl methyl sites for hydroxylation is 2. The third-order valence-electron chi connectivity index (χ3n) is 3.83. The summed E-state index contributed by atoms with van der Waals surface area (Å²) in [6, 6.07) is 9.39. The van der Waals surface area contributed by atoms with Gasteiger partial charge in [0.25, 0.3) is 5.91 Å². The molecule has 2 amide bonds. The van der Waals surface area contributed by atoms with E-state index in [9.17, 15) is 9.59 Å². The number of benzene rings is 1. The molecule has 1 N–H and O–H groups in total. The van der Waals surface area contributed by atoms with Gasteiger partial charge >= 0.3 is 0 Å². The molecule has 1 aliphatic carbocycles. The Kier molecular flexibility index (Phi) is 4.82. The lowest BCUT2D eigenvalue weighted by Gasteiger charge is -2.16. The van der Waals surface area contributed by atoms with Crippen molar-refractivity contribution in [3.05, 3.63) is 50.1 Å². The molecule has 2 aromatic rings. The molecule has 1 aliphatic rings. The van der Waals surface area contributed by atoms with Crippen molar-refractivity contribution in [3.63, 3.8) is 0 Å². The molecule has 1 aromatic heterocycles. The van der Waals surface area contributed by atoms with Gasteiger partial charge in [-0.05, 0) is 59.0 Å². The van der Waals surface area contributed by atoms with Gasteiger partial charge in [-0.15, -0.1) is 11.3 Å². The van der Waals surface area contributed by atoms with E-state index in [-0.39, 0.29) is 18.4 Å². The first-order chi connectivity index (χ1) is 11.0. The number of likely N-dealkylation sites (N-methyl/N-ethyl adjacent to an activating group) is 1. The Morgan fingerprint density at radius 2 is 2.09 bits per heavy atom. The molecule has 0 unspecified atom stereocenters. The summed E-state index contributed by atoms with van der Waals surface area (Å²) in [6.07, 6.45) is 3.31. The molecule has 0 fully saturated rings. The number of hydrogen-bond acceptors (Lipinski definition) is 3. The summed E-state index contributed by atoms with van der Waals surface area (Å²) in [5, 5.41) is 2.81. The van der Waals surface area contributed by atoms with E-state index in [1.165, 1.54) is 21.8 Å². The van der Waals surface area contributed by atoms with Gasteiger partial charge in [-0.2, -0.15) is 0 Å². The molecule has 0 saturated heterocycles. The zero-order valence-electron chi connectivity index (χ0n) is 12.8. The molecule has 23 heavy (non-hydrogen) atoms. The van der Waals surface area contributed by atoms with Gasteiger partial charge in [0, 0.05) is 16.4 Å². The van der Waals surface area contributed by atoms with Crippen molar-refractivity contribution in [2.45, 2.75) is 19.3 Å². The summed E-state index contributed by atoms with van der Waals surface area (Å²) in [7, 11) is 1.66. The highest BCUT2D eigenvalue weighted by Crippen LogP contribution is 2.31. The number of thiophene rings is 1. The summed E-state index contributed by atoms with van der Waals surface area (Å²) in [6.45, 7) is 0.0305. The molecule has 0 aliphatic heterocycles. The van der Waals surface area contributed by atoms with Crippen LogP contribution in [0, 0.1) is 0 Å². The minimum absolute atomic E-state index is 0.0305. The number of rotatable bonds is 4. The fraction of sp³-hybridized carbons (Fsp3) is 0.294. The maximum absolute atomic E-state index is 12.5. The molecule has 120 valence electrons. The summed E-state index contributed by atoms with van der Waals surface area (Å²) in [5.74, 6) is -0.302. The molecule has 6 heteroatoms. The van der Waals surface area contributed by atoms with Crippen LogP contribution in [0.25, 0.3) is 0 Å². The molecule has 0 atom stereocenters. The first kappa shape index (κ1) is 16.2. The number of fused-ring (bicyclic) bond motifs is 1. The Morgan fingerprint density at radius 1 is 1.30 bits per heavy atom. The zero-order valence-corrected chi connectivity index (χ0v) is 15.2. The smallest absolute Gasteiger partial charge is 0.264 e. The first-order valence-electron chi connectivity index (χ1n) is 7.46. The van der Waals surface area contributed by atoms with Crippen LogP contribution in [-0.2, 0) is 17.6 Å². The quantitative estimate of drug-likeness (QED) is 0.861. The van der Waals surface area contributed by atoms with Gasteiger partial charge in [-0.1, -0.05) is 12.1 Å². The largest absolute Gasteiger partial charge is 0.332 e. The van der Waals surface area contributed by atoms with Crippen molar-refractivity contribution in [3.8, 4) is 0 Å². The Bertz CT molecular complexity index is 735. The van der Waals surface area contributed by atoms with E-state index in [1.807, 2.05) is 30.3 Å². The number of carbonyl (C=O) groups is 2. The number of nitrogens with one attached hydrogen (secondary N) is 1. The third kappa shape index (κ3) is 3.64. The average molecular weight is 393 g/mol. The number of hydrogen-bond donors (Lipinski definition) is 1. The lowest BCUT2D eigenvalue weighted by Crippen LogP contribution is -2.34. The number of carbonyl (C=O) groups excluding carboxylic acids is 2. The van der Waals surface area contributed by atoms with Crippen LogP contribution < -0.4 is 5.32 Å². The fourth-order valence-electron chi connectivity index (χ4n) is 2.66. The van der Waals surface area contributed by atoms with Crippen LogP contribution in [0.4, 0.5) is 5.69 Å². The number of para-hydroxylation sites is 1. The second-order valence-electron chi connectivity index (χ2n) is 5.60. The minimum Gasteiger partial charge on any atom is -0.332 e. The van der Waals surface area contributed by atoms with Crippen LogP contribution in [-0.4, -0.2) is 30.3 Å². The lowest BCUT2D eigenvalue weighted by molar-refractivity contribution is -0.116. The molecule has 0 spiro atoms. The number of anilines is 1. The van der Waals surface area contributed by atoms with E-state index in [4.69, 9.17) is 0 Å². The fourth-order valence-corrected chi connectivity index (χ4v) is 4.29. The molecular formula is C17H17BrN2O2S. The summed E-state index contributed by atoms with van der Waals surface area (Å²) in [5.41, 5.74) is 2.00. The van der Waals surface area contributed by atoms with Crippen molar-refractivity contribution in [2.24, 2.45) is 0 Å². The maximum Gasteiger partial charge on any atom is 0.264 e. The van der Waals surface area contributed by atoms with Gasteiger partial charge in [0.1, 0.15) is 0 Å². The highest BCUT2D eigenvalue weighted by atomic mass is 79.9. The molecule has 0 radical (unpaired) electrons. The summed E-state index contributed by atoms with van der Waals surface area (Å²) >= 11 is 4.95. The van der Waals surface area contributed by atoms with E-state index >= 15 is 0 Å². The van der Waals surface area contributed by atoms with Crippen LogP contribution in [0.3, 0.4) is 0 Å². The molecule has 1 heterocycles. The standard InChI is InChI=1S/C17H17BrN2O2S/c1-20(10-16(21)19-13-7-3-2-6-12(13)18)17(22)15-9-11-5-4-8-14(11)23-15/h2-3,6-7,9H,4-5,8,10H2,1H3,(H,19,21). The predicted molar refractivity (Wildman–Crippen MR) is 96.1 cm³/mol.